The number of hydrogen-bond acceptors (Lipinski definition) is 4. The molecule has 0 aliphatic carbocycles. The standard InChI is InChI=1S/C13H12F3N5/c1-21(9-4-2-3-8(7-9)12(17)18)11-6-5-10(19-20-11)13(14,15)16/h2-7H,1H3,(H3,17,18). The average molecular weight is 295 g/mol. The lowest BCUT2D eigenvalue weighted by atomic mass is 10.2. The fourth-order valence-electron chi connectivity index (χ4n) is 1.67. The first kappa shape index (κ1) is 14.8. The van der Waals surface area contributed by atoms with Gasteiger partial charge in [-0.25, -0.2) is 0 Å². The third kappa shape index (κ3) is 3.28. The zero-order valence-electron chi connectivity index (χ0n) is 11.0. The molecule has 1 heterocycles. The summed E-state index contributed by atoms with van der Waals surface area (Å²) in [5, 5.41) is 14.1. The highest BCUT2D eigenvalue weighted by Gasteiger charge is 2.33. The van der Waals surface area contributed by atoms with Gasteiger partial charge >= 0.3 is 6.18 Å². The molecule has 0 aliphatic rings. The Morgan fingerprint density at radius 2 is 1.90 bits per heavy atom. The van der Waals surface area contributed by atoms with Crippen LogP contribution in [0.3, 0.4) is 0 Å². The molecule has 3 N–H and O–H groups in total. The molecule has 0 spiro atoms. The van der Waals surface area contributed by atoms with Crippen molar-refractivity contribution in [2.24, 2.45) is 5.73 Å². The molecule has 0 unspecified atom stereocenters. The Bertz CT molecular complexity index is 652. The molecular formula is C13H12F3N5. The Morgan fingerprint density at radius 1 is 1.19 bits per heavy atom. The average Bonchev–Trinajstić information content (AvgIpc) is 2.46. The number of rotatable bonds is 3. The van der Waals surface area contributed by atoms with Gasteiger partial charge in [-0.3, -0.25) is 5.41 Å². The van der Waals surface area contributed by atoms with Crippen molar-refractivity contribution in [1.29, 1.82) is 5.41 Å². The minimum atomic E-state index is -4.52. The Kier molecular flexibility index (Phi) is 3.79. The summed E-state index contributed by atoms with van der Waals surface area (Å²) < 4.78 is 37.3. The van der Waals surface area contributed by atoms with Gasteiger partial charge in [-0.05, 0) is 24.3 Å². The molecule has 5 nitrogen and oxygen atoms in total. The molecule has 2 rings (SSSR count). The molecule has 2 aromatic rings. The molecule has 0 bridgehead atoms. The molecule has 110 valence electrons. The number of nitrogens with two attached hydrogens (primary N) is 1. The van der Waals surface area contributed by atoms with Crippen LogP contribution >= 0.6 is 0 Å². The molecule has 21 heavy (non-hydrogen) atoms. The van der Waals surface area contributed by atoms with Crippen molar-refractivity contribution in [2.75, 3.05) is 11.9 Å². The topological polar surface area (TPSA) is 78.9 Å². The Morgan fingerprint density at radius 3 is 2.43 bits per heavy atom. The van der Waals surface area contributed by atoms with Gasteiger partial charge in [-0.2, -0.15) is 13.2 Å². The predicted octanol–water partition coefficient (Wildman–Crippen LogP) is 2.55. The van der Waals surface area contributed by atoms with Gasteiger partial charge in [0.2, 0.25) is 0 Å². The van der Waals surface area contributed by atoms with E-state index in [1.807, 2.05) is 0 Å². The van der Waals surface area contributed by atoms with Crippen LogP contribution in [0.1, 0.15) is 11.3 Å². The zero-order valence-corrected chi connectivity index (χ0v) is 11.0. The summed E-state index contributed by atoms with van der Waals surface area (Å²) in [7, 11) is 1.64. The van der Waals surface area contributed by atoms with E-state index in [-0.39, 0.29) is 11.7 Å². The second-order valence-corrected chi connectivity index (χ2v) is 4.30. The largest absolute Gasteiger partial charge is 0.435 e. The first-order chi connectivity index (χ1) is 9.79. The highest BCUT2D eigenvalue weighted by molar-refractivity contribution is 5.95. The molecule has 0 amide bonds. The Labute approximate surface area is 118 Å². The van der Waals surface area contributed by atoms with E-state index in [0.717, 1.165) is 6.07 Å². The molecule has 1 aromatic heterocycles. The molecule has 0 aliphatic heterocycles. The first-order valence-electron chi connectivity index (χ1n) is 5.88. The van der Waals surface area contributed by atoms with Crippen molar-refractivity contribution in [3.05, 3.63) is 47.7 Å². The molecule has 0 saturated heterocycles. The molecule has 0 fully saturated rings. The van der Waals surface area contributed by atoms with Gasteiger partial charge in [0.15, 0.2) is 11.5 Å². The number of halogens is 3. The van der Waals surface area contributed by atoms with Gasteiger partial charge in [0.1, 0.15) is 5.84 Å². The number of nitrogen functional groups attached to an aromatic ring is 1. The van der Waals surface area contributed by atoms with E-state index in [1.54, 1.807) is 36.2 Å². The normalized spacial score (nSPS) is 11.2. The number of nitrogens with zero attached hydrogens (tertiary/aromatic N) is 3. The van der Waals surface area contributed by atoms with Crippen molar-refractivity contribution in [2.45, 2.75) is 6.18 Å². The lowest BCUT2D eigenvalue weighted by Gasteiger charge is -2.18. The summed E-state index contributed by atoms with van der Waals surface area (Å²) in [5.74, 6) is 0.160. The molecule has 0 atom stereocenters. The van der Waals surface area contributed by atoms with E-state index in [4.69, 9.17) is 11.1 Å². The molecular weight excluding hydrogens is 283 g/mol. The summed E-state index contributed by atoms with van der Waals surface area (Å²) in [6, 6.07) is 8.83. The van der Waals surface area contributed by atoms with Crippen LogP contribution in [0.5, 0.6) is 0 Å². The minimum absolute atomic E-state index is 0.0937. The third-order valence-corrected chi connectivity index (χ3v) is 2.83. The van der Waals surface area contributed by atoms with Gasteiger partial charge in [0.05, 0.1) is 0 Å². The molecule has 0 saturated carbocycles. The zero-order chi connectivity index (χ0) is 15.6. The van der Waals surface area contributed by atoms with E-state index in [0.29, 0.717) is 11.3 Å². The van der Waals surface area contributed by atoms with Crippen molar-refractivity contribution < 1.29 is 13.2 Å². The van der Waals surface area contributed by atoms with Gasteiger partial charge < -0.3 is 10.6 Å². The van der Waals surface area contributed by atoms with E-state index in [9.17, 15) is 13.2 Å². The number of amidine groups is 1. The van der Waals surface area contributed by atoms with Crippen molar-refractivity contribution >= 4 is 17.3 Å². The van der Waals surface area contributed by atoms with Crippen LogP contribution in [-0.4, -0.2) is 23.1 Å². The number of hydrogen-bond donors (Lipinski definition) is 2. The van der Waals surface area contributed by atoms with Crippen LogP contribution in [0.2, 0.25) is 0 Å². The van der Waals surface area contributed by atoms with Gasteiger partial charge in [0.25, 0.3) is 0 Å². The maximum Gasteiger partial charge on any atom is 0.435 e. The number of alkyl halides is 3. The van der Waals surface area contributed by atoms with Crippen LogP contribution in [-0.2, 0) is 6.18 Å². The monoisotopic (exact) mass is 295 g/mol. The summed E-state index contributed by atoms with van der Waals surface area (Å²) in [4.78, 5) is 1.56. The number of benzene rings is 1. The summed E-state index contributed by atoms with van der Waals surface area (Å²) >= 11 is 0. The Balaban J connectivity index is 2.30. The second-order valence-electron chi connectivity index (χ2n) is 4.30. The minimum Gasteiger partial charge on any atom is -0.384 e. The number of anilines is 2. The van der Waals surface area contributed by atoms with Crippen molar-refractivity contribution in [3.63, 3.8) is 0 Å². The first-order valence-corrected chi connectivity index (χ1v) is 5.88. The van der Waals surface area contributed by atoms with E-state index in [2.05, 4.69) is 10.2 Å². The maximum absolute atomic E-state index is 12.4. The summed E-state index contributed by atoms with van der Waals surface area (Å²) in [6.07, 6.45) is -4.52. The highest BCUT2D eigenvalue weighted by atomic mass is 19.4. The van der Waals surface area contributed by atoms with Crippen LogP contribution in [0, 0.1) is 5.41 Å². The Hall–Kier alpha value is -2.64. The molecule has 1 aromatic carbocycles. The lowest BCUT2D eigenvalue weighted by Crippen LogP contribution is -2.16. The van der Waals surface area contributed by atoms with Gasteiger partial charge in [-0.1, -0.05) is 12.1 Å². The smallest absolute Gasteiger partial charge is 0.384 e. The highest BCUT2D eigenvalue weighted by Crippen LogP contribution is 2.28. The van der Waals surface area contributed by atoms with Gasteiger partial charge in [0, 0.05) is 18.3 Å². The van der Waals surface area contributed by atoms with Crippen molar-refractivity contribution in [1.82, 2.24) is 10.2 Å². The van der Waals surface area contributed by atoms with E-state index >= 15 is 0 Å². The van der Waals surface area contributed by atoms with Crippen LogP contribution in [0.15, 0.2) is 36.4 Å². The quantitative estimate of drug-likeness (QED) is 0.673. The number of nitrogens with one attached hydrogen (secondary N) is 1. The van der Waals surface area contributed by atoms with Gasteiger partial charge in [-0.15, -0.1) is 10.2 Å². The third-order valence-electron chi connectivity index (χ3n) is 2.83. The number of aromatic nitrogens is 2. The fraction of sp³-hybridized carbons (Fsp3) is 0.154. The van der Waals surface area contributed by atoms with E-state index in [1.165, 1.54) is 6.07 Å². The van der Waals surface area contributed by atoms with Crippen LogP contribution in [0.4, 0.5) is 24.7 Å². The SMILES string of the molecule is CN(c1cccc(C(=N)N)c1)c1ccc(C(F)(F)F)nn1. The fourth-order valence-corrected chi connectivity index (χ4v) is 1.67. The van der Waals surface area contributed by atoms with Crippen molar-refractivity contribution in [3.8, 4) is 0 Å². The molecule has 0 radical (unpaired) electrons. The molecule has 8 heteroatoms. The van der Waals surface area contributed by atoms with Crippen LogP contribution < -0.4 is 10.6 Å². The van der Waals surface area contributed by atoms with E-state index < -0.39 is 11.9 Å². The summed E-state index contributed by atoms with van der Waals surface area (Å²) in [5.41, 5.74) is 5.51. The lowest BCUT2D eigenvalue weighted by molar-refractivity contribution is -0.141. The second kappa shape index (κ2) is 5.39. The predicted molar refractivity (Wildman–Crippen MR) is 72.6 cm³/mol. The van der Waals surface area contributed by atoms with Crippen LogP contribution in [0.25, 0.3) is 0 Å². The maximum atomic E-state index is 12.4. The summed E-state index contributed by atoms with van der Waals surface area (Å²) in [6.45, 7) is 0.